The van der Waals surface area contributed by atoms with Gasteiger partial charge in [-0.2, -0.15) is 0 Å². The number of fused-ring (bicyclic) bond motifs is 1. The Morgan fingerprint density at radius 1 is 1.52 bits per heavy atom. The van der Waals surface area contributed by atoms with E-state index in [0.29, 0.717) is 29.7 Å². The van der Waals surface area contributed by atoms with Gasteiger partial charge in [-0.25, -0.2) is 14.2 Å². The van der Waals surface area contributed by atoms with Crippen molar-refractivity contribution in [2.24, 2.45) is 0 Å². The third-order valence-electron chi connectivity index (χ3n) is 3.08. The zero-order valence-corrected chi connectivity index (χ0v) is 14.1. The van der Waals surface area contributed by atoms with Gasteiger partial charge in [0.25, 0.3) is 0 Å². The summed E-state index contributed by atoms with van der Waals surface area (Å²) in [4.78, 5) is 28.9. The maximum absolute atomic E-state index is 11.6. The topological polar surface area (TPSA) is 84.1 Å². The molecule has 6 nitrogen and oxygen atoms in total. The number of aromatic nitrogens is 2. The summed E-state index contributed by atoms with van der Waals surface area (Å²) in [7, 11) is 0. The standard InChI is InChI=1S/C10H13N3O2.C8H9FO/c1-2-15-10(14)7-5-11-4-3-8-9(7)13-6-12-8;1-2-4-8(7-10)5-3-6-9/h5-6,11H,2-4H2,1H3,(H,12,13);2-5,7H,1,6H2/b;5-3-,8-4+. The maximum Gasteiger partial charge on any atom is 0.341 e. The smallest absolute Gasteiger partial charge is 0.341 e. The highest BCUT2D eigenvalue weighted by atomic mass is 19.1. The monoisotopic (exact) mass is 347 g/mol. The molecule has 1 aromatic rings. The number of hydrogen-bond acceptors (Lipinski definition) is 5. The number of H-pyrrole nitrogens is 1. The second kappa shape index (κ2) is 11.6. The van der Waals surface area contributed by atoms with Crippen molar-refractivity contribution in [3.63, 3.8) is 0 Å². The quantitative estimate of drug-likeness (QED) is 0.357. The minimum atomic E-state index is -0.553. The number of allylic oxidation sites excluding steroid dienone is 5. The number of aromatic amines is 1. The number of carbonyl (C=O) groups excluding carboxylic acids is 2. The summed E-state index contributed by atoms with van der Waals surface area (Å²) in [5, 5.41) is 3.05. The van der Waals surface area contributed by atoms with Crippen LogP contribution in [0.25, 0.3) is 5.57 Å². The van der Waals surface area contributed by atoms with Gasteiger partial charge in [-0.3, -0.25) is 4.79 Å². The van der Waals surface area contributed by atoms with Crippen LogP contribution >= 0.6 is 0 Å². The van der Waals surface area contributed by atoms with Gasteiger partial charge < -0.3 is 15.0 Å². The Morgan fingerprint density at radius 3 is 2.96 bits per heavy atom. The number of alkyl halides is 1. The summed E-state index contributed by atoms with van der Waals surface area (Å²) >= 11 is 0. The van der Waals surface area contributed by atoms with E-state index in [2.05, 4.69) is 21.9 Å². The summed E-state index contributed by atoms with van der Waals surface area (Å²) in [5.74, 6) is -0.333. The first-order chi connectivity index (χ1) is 12.2. The van der Waals surface area contributed by atoms with Crippen LogP contribution in [0.4, 0.5) is 4.39 Å². The first kappa shape index (κ1) is 20.1. The number of halogens is 1. The van der Waals surface area contributed by atoms with E-state index >= 15 is 0 Å². The summed E-state index contributed by atoms with van der Waals surface area (Å²) in [6, 6.07) is 0. The summed E-state index contributed by atoms with van der Waals surface area (Å²) in [6.45, 7) is 5.79. The van der Waals surface area contributed by atoms with Crippen molar-refractivity contribution < 1.29 is 18.7 Å². The molecule has 0 spiro atoms. The number of rotatable bonds is 6. The summed E-state index contributed by atoms with van der Waals surface area (Å²) in [6.07, 6.45) is 10.4. The molecule has 2 heterocycles. The zero-order valence-electron chi connectivity index (χ0n) is 14.1. The van der Waals surface area contributed by atoms with E-state index in [1.807, 2.05) is 0 Å². The van der Waals surface area contributed by atoms with Crippen LogP contribution in [0.2, 0.25) is 0 Å². The van der Waals surface area contributed by atoms with Gasteiger partial charge in [-0.15, -0.1) is 0 Å². The molecule has 1 aliphatic heterocycles. The Labute approximate surface area is 146 Å². The highest BCUT2D eigenvalue weighted by Crippen LogP contribution is 2.18. The molecule has 0 aromatic carbocycles. The second-order valence-electron chi connectivity index (χ2n) is 4.79. The molecule has 0 radical (unpaired) electrons. The van der Waals surface area contributed by atoms with Gasteiger partial charge in [0.05, 0.1) is 12.9 Å². The van der Waals surface area contributed by atoms with Crippen molar-refractivity contribution in [2.45, 2.75) is 13.3 Å². The van der Waals surface area contributed by atoms with Crippen LogP contribution in [0, 0.1) is 0 Å². The Morgan fingerprint density at radius 2 is 2.32 bits per heavy atom. The Balaban J connectivity index is 0.000000275. The van der Waals surface area contributed by atoms with Crippen molar-refractivity contribution >= 4 is 17.8 Å². The fourth-order valence-electron chi connectivity index (χ4n) is 2.00. The fourth-order valence-corrected chi connectivity index (χ4v) is 2.00. The third-order valence-corrected chi connectivity index (χ3v) is 3.08. The van der Waals surface area contributed by atoms with Crippen LogP contribution in [0.5, 0.6) is 0 Å². The van der Waals surface area contributed by atoms with Crippen LogP contribution in [0.15, 0.2) is 49.0 Å². The van der Waals surface area contributed by atoms with E-state index in [0.717, 1.165) is 18.7 Å². The van der Waals surface area contributed by atoms with E-state index in [4.69, 9.17) is 4.74 Å². The Bertz CT molecular complexity index is 675. The van der Waals surface area contributed by atoms with E-state index < -0.39 is 6.67 Å². The molecule has 0 amide bonds. The number of carbonyl (C=O) groups is 2. The molecule has 0 atom stereocenters. The Hall–Kier alpha value is -2.96. The molecule has 0 saturated heterocycles. The SMILES string of the molecule is C=C/C=C(C=O)\C=C/CF.CCOC(=O)C1=CNCCc2[nH]cnc21. The van der Waals surface area contributed by atoms with E-state index in [1.165, 1.54) is 24.3 Å². The molecule has 1 aliphatic rings. The van der Waals surface area contributed by atoms with E-state index in [9.17, 15) is 14.0 Å². The molecule has 2 rings (SSSR count). The Kier molecular flexibility index (Phi) is 9.28. The zero-order chi connectivity index (χ0) is 18.5. The molecule has 0 aliphatic carbocycles. The highest BCUT2D eigenvalue weighted by molar-refractivity contribution is 6.16. The number of nitrogens with one attached hydrogen (secondary N) is 2. The predicted octanol–water partition coefficient (Wildman–Crippen LogP) is 2.28. The minimum absolute atomic E-state index is 0.333. The number of ether oxygens (including phenoxy) is 1. The molecule has 25 heavy (non-hydrogen) atoms. The van der Waals surface area contributed by atoms with Crippen molar-refractivity contribution in [3.05, 3.63) is 60.4 Å². The first-order valence-electron chi connectivity index (χ1n) is 7.81. The van der Waals surface area contributed by atoms with Crippen LogP contribution in [-0.2, 0) is 20.7 Å². The lowest BCUT2D eigenvalue weighted by atomic mass is 10.1. The molecule has 2 N–H and O–H groups in total. The van der Waals surface area contributed by atoms with Crippen molar-refractivity contribution in [1.29, 1.82) is 0 Å². The fraction of sp³-hybridized carbons (Fsp3) is 0.278. The largest absolute Gasteiger partial charge is 0.462 e. The van der Waals surface area contributed by atoms with Crippen LogP contribution in [-0.4, -0.2) is 42.0 Å². The lowest BCUT2D eigenvalue weighted by Crippen LogP contribution is -2.11. The van der Waals surface area contributed by atoms with E-state index in [-0.39, 0.29) is 5.97 Å². The molecule has 7 heteroatoms. The van der Waals surface area contributed by atoms with Gasteiger partial charge in [0.1, 0.15) is 24.2 Å². The molecule has 0 saturated carbocycles. The van der Waals surface area contributed by atoms with Crippen molar-refractivity contribution in [2.75, 3.05) is 19.8 Å². The second-order valence-corrected chi connectivity index (χ2v) is 4.79. The van der Waals surface area contributed by atoms with E-state index in [1.54, 1.807) is 19.5 Å². The summed E-state index contributed by atoms with van der Waals surface area (Å²) in [5.41, 5.74) is 2.58. The number of esters is 1. The van der Waals surface area contributed by atoms with Gasteiger partial charge in [0.2, 0.25) is 0 Å². The lowest BCUT2D eigenvalue weighted by Gasteiger charge is -2.03. The molecular weight excluding hydrogens is 325 g/mol. The third kappa shape index (κ3) is 6.58. The minimum Gasteiger partial charge on any atom is -0.462 e. The van der Waals surface area contributed by atoms with Gasteiger partial charge in [0.15, 0.2) is 0 Å². The predicted molar refractivity (Wildman–Crippen MR) is 94.4 cm³/mol. The average Bonchev–Trinajstić information content (AvgIpc) is 2.98. The molecule has 0 bridgehead atoms. The van der Waals surface area contributed by atoms with Crippen molar-refractivity contribution in [3.8, 4) is 0 Å². The maximum atomic E-state index is 11.6. The van der Waals surface area contributed by atoms with Gasteiger partial charge >= 0.3 is 5.97 Å². The van der Waals surface area contributed by atoms with Crippen molar-refractivity contribution in [1.82, 2.24) is 15.3 Å². The number of imidazole rings is 1. The van der Waals surface area contributed by atoms with Gasteiger partial charge in [0, 0.05) is 30.4 Å². The van der Waals surface area contributed by atoms with Crippen LogP contribution < -0.4 is 5.32 Å². The number of aldehydes is 1. The molecule has 0 unspecified atom stereocenters. The number of nitrogens with zero attached hydrogens (tertiary/aromatic N) is 1. The molecular formula is C18H22FN3O3. The summed E-state index contributed by atoms with van der Waals surface area (Å²) < 4.78 is 16.4. The highest BCUT2D eigenvalue weighted by Gasteiger charge is 2.20. The number of hydrogen-bond donors (Lipinski definition) is 2. The van der Waals surface area contributed by atoms with Crippen LogP contribution in [0.1, 0.15) is 18.3 Å². The van der Waals surface area contributed by atoms with Gasteiger partial charge in [-0.1, -0.05) is 30.9 Å². The molecule has 134 valence electrons. The molecule has 1 aromatic heterocycles. The van der Waals surface area contributed by atoms with Gasteiger partial charge in [-0.05, 0) is 6.92 Å². The van der Waals surface area contributed by atoms with Crippen LogP contribution in [0.3, 0.4) is 0 Å². The average molecular weight is 347 g/mol. The normalized spacial score (nSPS) is 13.5. The molecule has 0 fully saturated rings. The lowest BCUT2D eigenvalue weighted by molar-refractivity contribution is -0.136. The first-order valence-corrected chi connectivity index (χ1v) is 7.81.